The Morgan fingerprint density at radius 2 is 1.91 bits per heavy atom. The standard InChI is InChI=1S/C19H29ClN2O/c1-14(2)19-12-22(17-7-9-21-10-8-17)18(13-23-19)11-15-3-5-16(20)6-4-15/h3-6,14,17-19,21H,7-13H2,1-2H3/t18-,19+/m0/s1. The Kier molecular flexibility index (Phi) is 5.97. The summed E-state index contributed by atoms with van der Waals surface area (Å²) in [5.41, 5.74) is 1.35. The predicted molar refractivity (Wildman–Crippen MR) is 96.1 cm³/mol. The molecule has 1 aromatic carbocycles. The molecule has 2 saturated heterocycles. The van der Waals surface area contributed by atoms with Crippen LogP contribution in [0.2, 0.25) is 5.02 Å². The van der Waals surface area contributed by atoms with E-state index >= 15 is 0 Å². The molecule has 0 saturated carbocycles. The van der Waals surface area contributed by atoms with Crippen LogP contribution in [0.4, 0.5) is 0 Å². The molecule has 1 N–H and O–H groups in total. The number of rotatable bonds is 4. The molecule has 2 aliphatic heterocycles. The zero-order chi connectivity index (χ0) is 16.2. The first-order chi connectivity index (χ1) is 11.1. The van der Waals surface area contributed by atoms with Gasteiger partial charge in [0.05, 0.1) is 12.7 Å². The average molecular weight is 337 g/mol. The number of morpholine rings is 1. The number of benzene rings is 1. The number of piperidine rings is 1. The third-order valence-electron chi connectivity index (χ3n) is 5.27. The molecule has 0 amide bonds. The second-order valence-corrected chi connectivity index (χ2v) is 7.71. The highest BCUT2D eigenvalue weighted by molar-refractivity contribution is 6.30. The van der Waals surface area contributed by atoms with Crippen molar-refractivity contribution in [3.63, 3.8) is 0 Å². The maximum absolute atomic E-state index is 6.19. The first-order valence-electron chi connectivity index (χ1n) is 8.96. The van der Waals surface area contributed by atoms with Crippen molar-refractivity contribution in [2.75, 3.05) is 26.2 Å². The Bertz CT molecular complexity index is 485. The van der Waals surface area contributed by atoms with E-state index in [2.05, 4.69) is 36.2 Å². The summed E-state index contributed by atoms with van der Waals surface area (Å²) >= 11 is 6.02. The Labute approximate surface area is 145 Å². The number of hydrogen-bond donors (Lipinski definition) is 1. The second-order valence-electron chi connectivity index (χ2n) is 7.28. The van der Waals surface area contributed by atoms with E-state index in [0.29, 0.717) is 24.1 Å². The van der Waals surface area contributed by atoms with Gasteiger partial charge in [0.2, 0.25) is 0 Å². The molecular weight excluding hydrogens is 308 g/mol. The van der Waals surface area contributed by atoms with Crippen LogP contribution in [0.15, 0.2) is 24.3 Å². The molecule has 0 aliphatic carbocycles. The van der Waals surface area contributed by atoms with E-state index in [0.717, 1.165) is 37.7 Å². The summed E-state index contributed by atoms with van der Waals surface area (Å²) < 4.78 is 6.19. The van der Waals surface area contributed by atoms with E-state index in [9.17, 15) is 0 Å². The van der Waals surface area contributed by atoms with Crippen LogP contribution in [0.1, 0.15) is 32.3 Å². The van der Waals surface area contributed by atoms with Crippen LogP contribution in [-0.4, -0.2) is 49.3 Å². The predicted octanol–water partition coefficient (Wildman–Crippen LogP) is 3.36. The van der Waals surface area contributed by atoms with E-state index in [1.165, 1.54) is 18.4 Å². The molecule has 0 aromatic heterocycles. The fourth-order valence-corrected chi connectivity index (χ4v) is 3.92. The molecule has 2 fully saturated rings. The molecule has 3 rings (SSSR count). The van der Waals surface area contributed by atoms with Gasteiger partial charge < -0.3 is 10.1 Å². The topological polar surface area (TPSA) is 24.5 Å². The Hall–Kier alpha value is -0.610. The first-order valence-corrected chi connectivity index (χ1v) is 9.34. The van der Waals surface area contributed by atoms with Gasteiger partial charge in [-0.2, -0.15) is 0 Å². The Morgan fingerprint density at radius 3 is 2.57 bits per heavy atom. The van der Waals surface area contributed by atoms with Crippen molar-refractivity contribution < 1.29 is 4.74 Å². The molecule has 2 aliphatic rings. The van der Waals surface area contributed by atoms with E-state index in [-0.39, 0.29) is 0 Å². The molecule has 23 heavy (non-hydrogen) atoms. The van der Waals surface area contributed by atoms with Gasteiger partial charge >= 0.3 is 0 Å². The lowest BCUT2D eigenvalue weighted by Gasteiger charge is -2.46. The van der Waals surface area contributed by atoms with Crippen LogP contribution in [0.5, 0.6) is 0 Å². The molecule has 3 nitrogen and oxygen atoms in total. The molecule has 2 heterocycles. The zero-order valence-electron chi connectivity index (χ0n) is 14.3. The van der Waals surface area contributed by atoms with Gasteiger partial charge in [-0.3, -0.25) is 4.90 Å². The van der Waals surface area contributed by atoms with Crippen molar-refractivity contribution in [2.45, 2.75) is 51.3 Å². The lowest BCUT2D eigenvalue weighted by molar-refractivity contribution is -0.0986. The van der Waals surface area contributed by atoms with Crippen molar-refractivity contribution in [2.24, 2.45) is 5.92 Å². The minimum atomic E-state index is 0.367. The number of hydrogen-bond acceptors (Lipinski definition) is 3. The SMILES string of the molecule is CC(C)[C@H]1CN(C2CCNCC2)[C@@H](Cc2ccc(Cl)cc2)CO1. The van der Waals surface area contributed by atoms with Crippen LogP contribution in [-0.2, 0) is 11.2 Å². The van der Waals surface area contributed by atoms with Gasteiger partial charge in [-0.1, -0.05) is 37.6 Å². The van der Waals surface area contributed by atoms with Crippen LogP contribution < -0.4 is 5.32 Å². The molecule has 128 valence electrons. The summed E-state index contributed by atoms with van der Waals surface area (Å²) in [6.45, 7) is 8.73. The van der Waals surface area contributed by atoms with Gasteiger partial charge in [0.25, 0.3) is 0 Å². The molecule has 2 atom stereocenters. The van der Waals surface area contributed by atoms with Crippen LogP contribution >= 0.6 is 11.6 Å². The lowest BCUT2D eigenvalue weighted by Crippen LogP contribution is -2.57. The second kappa shape index (κ2) is 7.98. The lowest BCUT2D eigenvalue weighted by atomic mass is 9.95. The van der Waals surface area contributed by atoms with Crippen molar-refractivity contribution in [3.8, 4) is 0 Å². The summed E-state index contributed by atoms with van der Waals surface area (Å²) in [4.78, 5) is 2.74. The maximum Gasteiger partial charge on any atom is 0.0725 e. The van der Waals surface area contributed by atoms with Crippen molar-refractivity contribution in [1.29, 1.82) is 0 Å². The molecule has 0 bridgehead atoms. The van der Waals surface area contributed by atoms with Crippen molar-refractivity contribution in [1.82, 2.24) is 10.2 Å². The van der Waals surface area contributed by atoms with Gasteiger partial charge in [-0.05, 0) is 56.0 Å². The summed E-state index contributed by atoms with van der Waals surface area (Å²) in [5, 5.41) is 4.29. The zero-order valence-corrected chi connectivity index (χ0v) is 15.1. The Morgan fingerprint density at radius 1 is 1.22 bits per heavy atom. The third-order valence-corrected chi connectivity index (χ3v) is 5.52. The highest BCUT2D eigenvalue weighted by Crippen LogP contribution is 2.26. The molecular formula is C19H29ClN2O. The molecule has 0 unspecified atom stereocenters. The summed E-state index contributed by atoms with van der Waals surface area (Å²) in [6, 6.07) is 9.46. The maximum atomic E-state index is 6.19. The molecule has 0 radical (unpaired) electrons. The van der Waals surface area contributed by atoms with Crippen molar-refractivity contribution >= 4 is 11.6 Å². The average Bonchev–Trinajstić information content (AvgIpc) is 2.58. The van der Waals surface area contributed by atoms with Crippen LogP contribution in [0, 0.1) is 5.92 Å². The minimum absolute atomic E-state index is 0.367. The largest absolute Gasteiger partial charge is 0.375 e. The number of halogens is 1. The number of nitrogens with zero attached hydrogens (tertiary/aromatic N) is 1. The minimum Gasteiger partial charge on any atom is -0.375 e. The summed E-state index contributed by atoms with van der Waals surface area (Å²) in [7, 11) is 0. The Balaban J connectivity index is 1.71. The molecule has 1 aromatic rings. The fraction of sp³-hybridized carbons (Fsp3) is 0.684. The highest BCUT2D eigenvalue weighted by atomic mass is 35.5. The monoisotopic (exact) mass is 336 g/mol. The van der Waals surface area contributed by atoms with E-state index in [4.69, 9.17) is 16.3 Å². The van der Waals surface area contributed by atoms with E-state index < -0.39 is 0 Å². The highest BCUT2D eigenvalue weighted by Gasteiger charge is 2.35. The van der Waals surface area contributed by atoms with Gasteiger partial charge in [0.1, 0.15) is 0 Å². The fourth-order valence-electron chi connectivity index (χ4n) is 3.80. The summed E-state index contributed by atoms with van der Waals surface area (Å²) in [5.74, 6) is 0.579. The van der Waals surface area contributed by atoms with Crippen LogP contribution in [0.3, 0.4) is 0 Å². The van der Waals surface area contributed by atoms with Crippen molar-refractivity contribution in [3.05, 3.63) is 34.9 Å². The van der Waals surface area contributed by atoms with Gasteiger partial charge in [0.15, 0.2) is 0 Å². The molecule has 4 heteroatoms. The molecule has 0 spiro atoms. The van der Waals surface area contributed by atoms with Gasteiger partial charge in [-0.25, -0.2) is 0 Å². The quantitative estimate of drug-likeness (QED) is 0.912. The first kappa shape index (κ1) is 17.2. The van der Waals surface area contributed by atoms with E-state index in [1.54, 1.807) is 0 Å². The van der Waals surface area contributed by atoms with Crippen LogP contribution in [0.25, 0.3) is 0 Å². The third kappa shape index (κ3) is 4.48. The number of ether oxygens (including phenoxy) is 1. The van der Waals surface area contributed by atoms with Gasteiger partial charge in [-0.15, -0.1) is 0 Å². The van der Waals surface area contributed by atoms with E-state index in [1.807, 2.05) is 12.1 Å². The summed E-state index contributed by atoms with van der Waals surface area (Å²) in [6.07, 6.45) is 3.92. The smallest absolute Gasteiger partial charge is 0.0725 e. The normalized spacial score (nSPS) is 27.5. The van der Waals surface area contributed by atoms with Gasteiger partial charge in [0, 0.05) is 23.7 Å². The number of nitrogens with one attached hydrogen (secondary N) is 1.